The van der Waals surface area contributed by atoms with Gasteiger partial charge in [0.05, 0.1) is 0 Å². The van der Waals surface area contributed by atoms with Crippen LogP contribution in [0.2, 0.25) is 0 Å². The fourth-order valence-electron chi connectivity index (χ4n) is 6.37. The van der Waals surface area contributed by atoms with Gasteiger partial charge in [0.2, 0.25) is 0 Å². The summed E-state index contributed by atoms with van der Waals surface area (Å²) in [5, 5.41) is 2.22. The highest BCUT2D eigenvalue weighted by Crippen LogP contribution is 2.79. The quantitative estimate of drug-likeness (QED) is 0.489. The highest BCUT2D eigenvalue weighted by Gasteiger charge is 2.73. The number of halogens is 2. The second-order valence-electron chi connectivity index (χ2n) is 7.67. The minimum absolute atomic E-state index is 0.181. The largest absolute Gasteiger partial charge is 0.0922 e. The Labute approximate surface area is 154 Å². The highest BCUT2D eigenvalue weighted by molar-refractivity contribution is 9.09. The topological polar surface area (TPSA) is 0 Å². The Bertz CT molecular complexity index is 716. The van der Waals surface area contributed by atoms with Crippen LogP contribution in [-0.4, -0.2) is 10.7 Å². The van der Waals surface area contributed by atoms with E-state index in [4.69, 9.17) is 0 Å². The molecule has 0 nitrogen and oxygen atoms in total. The molecule has 0 saturated heterocycles. The molecule has 3 aliphatic rings. The monoisotopic (exact) mass is 430 g/mol. The third-order valence-corrected chi connectivity index (χ3v) is 9.37. The molecule has 1 spiro atoms. The van der Waals surface area contributed by atoms with Crippen molar-refractivity contribution in [2.45, 2.75) is 31.1 Å². The summed E-state index contributed by atoms with van der Waals surface area (Å²) in [6.45, 7) is 0. The molecule has 0 aromatic heterocycles. The van der Waals surface area contributed by atoms with Crippen molar-refractivity contribution >= 4 is 31.9 Å². The maximum atomic E-state index is 3.95. The van der Waals surface area contributed by atoms with E-state index in [1.165, 1.54) is 36.8 Å². The van der Waals surface area contributed by atoms with Crippen LogP contribution in [-0.2, 0) is 5.41 Å². The molecule has 0 amide bonds. The van der Waals surface area contributed by atoms with E-state index >= 15 is 0 Å². The van der Waals surface area contributed by atoms with E-state index in [9.17, 15) is 0 Å². The van der Waals surface area contributed by atoms with Crippen LogP contribution < -0.4 is 0 Å². The van der Waals surface area contributed by atoms with Gasteiger partial charge in [0.25, 0.3) is 0 Å². The Hall–Kier alpha value is -0.600. The van der Waals surface area contributed by atoms with Gasteiger partial charge in [-0.2, -0.15) is 0 Å². The van der Waals surface area contributed by atoms with Gasteiger partial charge in [-0.15, -0.1) is 0 Å². The average molecular weight is 432 g/mol. The van der Waals surface area contributed by atoms with Gasteiger partial charge in [-0.3, -0.25) is 0 Å². The first-order valence-electron chi connectivity index (χ1n) is 8.56. The number of hydrogen-bond acceptors (Lipinski definition) is 0. The van der Waals surface area contributed by atoms with E-state index < -0.39 is 0 Å². The average Bonchev–Trinajstić information content (AvgIpc) is 3.21. The summed E-state index contributed by atoms with van der Waals surface area (Å²) in [5.41, 5.74) is 7.04. The summed E-state index contributed by atoms with van der Waals surface area (Å²) >= 11 is 7.89. The zero-order valence-electron chi connectivity index (χ0n) is 13.1. The molecule has 2 bridgehead atoms. The minimum Gasteiger partial charge on any atom is -0.0922 e. The summed E-state index contributed by atoms with van der Waals surface area (Å²) < 4.78 is 0. The number of fused-ring (bicyclic) bond motifs is 3. The Morgan fingerprint density at radius 3 is 1.43 bits per heavy atom. The summed E-state index contributed by atoms with van der Waals surface area (Å²) in [7, 11) is 0. The van der Waals surface area contributed by atoms with Crippen LogP contribution in [0, 0.1) is 10.8 Å². The zero-order valence-corrected chi connectivity index (χ0v) is 16.3. The van der Waals surface area contributed by atoms with Crippen LogP contribution in [0.25, 0.3) is 11.1 Å². The Morgan fingerprint density at radius 2 is 1.04 bits per heavy atom. The molecule has 2 saturated carbocycles. The van der Waals surface area contributed by atoms with Crippen molar-refractivity contribution in [1.82, 2.24) is 0 Å². The number of rotatable bonds is 2. The van der Waals surface area contributed by atoms with Crippen molar-refractivity contribution < 1.29 is 0 Å². The highest BCUT2D eigenvalue weighted by atomic mass is 79.9. The van der Waals surface area contributed by atoms with Crippen LogP contribution >= 0.6 is 31.9 Å². The molecule has 0 N–H and O–H groups in total. The molecule has 0 unspecified atom stereocenters. The third-order valence-electron chi connectivity index (χ3n) is 7.22. The molecule has 0 atom stereocenters. The predicted molar refractivity (Wildman–Crippen MR) is 104 cm³/mol. The van der Waals surface area contributed by atoms with Gasteiger partial charge >= 0.3 is 0 Å². The Balaban J connectivity index is 1.95. The van der Waals surface area contributed by atoms with Crippen LogP contribution in [0.15, 0.2) is 48.5 Å². The van der Waals surface area contributed by atoms with Crippen LogP contribution in [0.5, 0.6) is 0 Å². The smallest absolute Gasteiger partial charge is 0.0343 e. The van der Waals surface area contributed by atoms with E-state index in [2.05, 4.69) is 80.4 Å². The maximum Gasteiger partial charge on any atom is 0.0343 e. The predicted octanol–water partition coefficient (Wildman–Crippen LogP) is 6.30. The van der Waals surface area contributed by atoms with Crippen molar-refractivity contribution in [2.75, 3.05) is 10.7 Å². The first-order chi connectivity index (χ1) is 11.2. The van der Waals surface area contributed by atoms with Gasteiger partial charge < -0.3 is 0 Å². The lowest BCUT2D eigenvalue weighted by atomic mass is 9.58. The second kappa shape index (κ2) is 4.73. The summed E-state index contributed by atoms with van der Waals surface area (Å²) in [6.07, 6.45) is 5.36. The first kappa shape index (κ1) is 14.7. The fourth-order valence-corrected chi connectivity index (χ4v) is 8.33. The Kier molecular flexibility index (Phi) is 3.03. The van der Waals surface area contributed by atoms with Gasteiger partial charge in [0, 0.05) is 16.1 Å². The van der Waals surface area contributed by atoms with Crippen molar-refractivity contribution in [3.63, 3.8) is 0 Å². The molecule has 3 aliphatic carbocycles. The van der Waals surface area contributed by atoms with Crippen LogP contribution in [0.3, 0.4) is 0 Å². The number of alkyl halides is 2. The fraction of sp³-hybridized carbons (Fsp3) is 0.429. The lowest BCUT2D eigenvalue weighted by Gasteiger charge is -2.46. The molecule has 0 radical (unpaired) electrons. The van der Waals surface area contributed by atoms with Crippen molar-refractivity contribution in [2.24, 2.45) is 10.8 Å². The SMILES string of the molecule is BrCC12CCC(CBr)(CC1)C21c2ccccc2-c2ccccc21. The third kappa shape index (κ3) is 1.42. The zero-order chi connectivity index (χ0) is 15.7. The van der Waals surface area contributed by atoms with Crippen LogP contribution in [0.1, 0.15) is 36.8 Å². The maximum absolute atomic E-state index is 3.95. The molecular weight excluding hydrogens is 412 g/mol. The Morgan fingerprint density at radius 1 is 0.652 bits per heavy atom. The van der Waals surface area contributed by atoms with Gasteiger partial charge in [-0.25, -0.2) is 0 Å². The van der Waals surface area contributed by atoms with Crippen molar-refractivity contribution in [3.05, 3.63) is 59.7 Å². The summed E-state index contributed by atoms with van der Waals surface area (Å²) in [5.74, 6) is 0. The van der Waals surface area contributed by atoms with Gasteiger partial charge in [0.15, 0.2) is 0 Å². The molecule has 2 aromatic rings. The van der Waals surface area contributed by atoms with E-state index in [1.54, 1.807) is 11.1 Å². The minimum atomic E-state index is 0.181. The molecule has 0 aliphatic heterocycles. The number of hydrogen-bond donors (Lipinski definition) is 0. The number of benzene rings is 2. The molecule has 23 heavy (non-hydrogen) atoms. The molecule has 2 aromatic carbocycles. The van der Waals surface area contributed by atoms with E-state index in [0.717, 1.165) is 10.7 Å². The van der Waals surface area contributed by atoms with Gasteiger partial charge in [-0.1, -0.05) is 80.4 Å². The first-order valence-corrected chi connectivity index (χ1v) is 10.8. The molecule has 2 fully saturated rings. The summed E-state index contributed by atoms with van der Waals surface area (Å²) in [4.78, 5) is 0. The second-order valence-corrected chi connectivity index (χ2v) is 8.79. The standard InChI is InChI=1S/C21H20Br2/c22-13-19-9-10-20(14-23,12-11-19)21(19)17-7-3-1-5-15(17)16-6-2-4-8-18(16)21/h1-8H,9-14H2. The van der Waals surface area contributed by atoms with E-state index in [-0.39, 0.29) is 5.41 Å². The molecule has 2 heteroatoms. The lowest BCUT2D eigenvalue weighted by molar-refractivity contribution is 0.218. The lowest BCUT2D eigenvalue weighted by Crippen LogP contribution is -2.46. The normalized spacial score (nSPS) is 32.3. The molecule has 5 rings (SSSR count). The van der Waals surface area contributed by atoms with E-state index in [1.807, 2.05) is 0 Å². The summed E-state index contributed by atoms with van der Waals surface area (Å²) in [6, 6.07) is 18.4. The van der Waals surface area contributed by atoms with Crippen LogP contribution in [0.4, 0.5) is 0 Å². The van der Waals surface area contributed by atoms with Crippen molar-refractivity contribution in [3.8, 4) is 11.1 Å². The molecular formula is C21H20Br2. The molecule has 118 valence electrons. The van der Waals surface area contributed by atoms with Gasteiger partial charge in [0.1, 0.15) is 0 Å². The van der Waals surface area contributed by atoms with E-state index in [0.29, 0.717) is 10.8 Å². The van der Waals surface area contributed by atoms with Crippen molar-refractivity contribution in [1.29, 1.82) is 0 Å². The molecule has 0 heterocycles. The van der Waals surface area contributed by atoms with Gasteiger partial charge in [-0.05, 0) is 58.8 Å².